The molecule has 1 amide bonds. The number of likely N-dealkylation sites (tertiary alicyclic amines) is 1. The van der Waals surface area contributed by atoms with Gasteiger partial charge < -0.3 is 10.6 Å². The summed E-state index contributed by atoms with van der Waals surface area (Å²) >= 11 is 1.42. The number of thiophene rings is 1. The first-order valence-corrected chi connectivity index (χ1v) is 9.20. The predicted octanol–water partition coefficient (Wildman–Crippen LogP) is 3.85. The zero-order valence-corrected chi connectivity index (χ0v) is 14.5. The molecule has 1 aliphatic heterocycles. The van der Waals surface area contributed by atoms with E-state index >= 15 is 0 Å². The van der Waals surface area contributed by atoms with E-state index in [1.165, 1.54) is 29.0 Å². The molecule has 3 aromatic rings. The normalized spacial score (nSPS) is 20.3. The van der Waals surface area contributed by atoms with Gasteiger partial charge in [-0.2, -0.15) is 0 Å². The van der Waals surface area contributed by atoms with Gasteiger partial charge in [-0.15, -0.1) is 11.3 Å². The second-order valence-corrected chi connectivity index (χ2v) is 7.60. The van der Waals surface area contributed by atoms with Crippen molar-refractivity contribution in [3.63, 3.8) is 0 Å². The second-order valence-electron chi connectivity index (χ2n) is 6.52. The lowest BCUT2D eigenvalue weighted by Gasteiger charge is -2.16. The summed E-state index contributed by atoms with van der Waals surface area (Å²) in [5.74, 6) is 0.261. The SMILES string of the molecule is NC[C@@H]1CN(C(=O)c2cc3cc(F)ccc3s2)C[C@H]1c1ccccc1. The summed E-state index contributed by atoms with van der Waals surface area (Å²) in [6.45, 7) is 1.89. The minimum absolute atomic E-state index is 0.0125. The van der Waals surface area contributed by atoms with Crippen LogP contribution in [0.5, 0.6) is 0 Å². The number of nitrogens with zero attached hydrogens (tertiary/aromatic N) is 1. The van der Waals surface area contributed by atoms with Crippen molar-refractivity contribution >= 4 is 27.3 Å². The lowest BCUT2D eigenvalue weighted by atomic mass is 9.89. The van der Waals surface area contributed by atoms with Crippen molar-refractivity contribution < 1.29 is 9.18 Å². The van der Waals surface area contributed by atoms with Crippen molar-refractivity contribution in [3.05, 3.63) is 70.9 Å². The number of fused-ring (bicyclic) bond motifs is 1. The molecular weight excluding hydrogens is 335 g/mol. The molecule has 2 atom stereocenters. The molecule has 1 aliphatic rings. The standard InChI is InChI=1S/C20H19FN2OS/c21-16-6-7-18-14(8-16)9-19(25-18)20(24)23-11-15(10-22)17(12-23)13-4-2-1-3-5-13/h1-9,15,17H,10-12,22H2/t15-,17+/m1/s1. The van der Waals surface area contributed by atoms with E-state index in [4.69, 9.17) is 5.73 Å². The fourth-order valence-electron chi connectivity index (χ4n) is 3.63. The van der Waals surface area contributed by atoms with Crippen LogP contribution in [0.2, 0.25) is 0 Å². The minimum atomic E-state index is -0.280. The molecule has 0 aliphatic carbocycles. The molecule has 0 unspecified atom stereocenters. The van der Waals surface area contributed by atoms with Crippen LogP contribution in [0, 0.1) is 11.7 Å². The van der Waals surface area contributed by atoms with Gasteiger partial charge in [-0.25, -0.2) is 4.39 Å². The van der Waals surface area contributed by atoms with E-state index in [2.05, 4.69) is 12.1 Å². The average molecular weight is 354 g/mol. The van der Waals surface area contributed by atoms with Crippen LogP contribution >= 0.6 is 11.3 Å². The van der Waals surface area contributed by atoms with E-state index in [1.54, 1.807) is 12.1 Å². The van der Waals surface area contributed by atoms with Crippen LogP contribution in [-0.2, 0) is 0 Å². The molecule has 2 heterocycles. The Labute approximate surface area is 149 Å². The van der Waals surface area contributed by atoms with Crippen molar-refractivity contribution in [2.75, 3.05) is 19.6 Å². The number of carbonyl (C=O) groups is 1. The number of rotatable bonds is 3. The Balaban J connectivity index is 1.59. The zero-order chi connectivity index (χ0) is 17.4. The quantitative estimate of drug-likeness (QED) is 0.776. The Hall–Kier alpha value is -2.24. The minimum Gasteiger partial charge on any atom is -0.337 e. The third-order valence-electron chi connectivity index (χ3n) is 4.95. The Kier molecular flexibility index (Phi) is 4.27. The van der Waals surface area contributed by atoms with E-state index in [9.17, 15) is 9.18 Å². The zero-order valence-electron chi connectivity index (χ0n) is 13.7. The number of benzene rings is 2. The molecule has 0 saturated carbocycles. The van der Waals surface area contributed by atoms with E-state index in [0.29, 0.717) is 24.5 Å². The van der Waals surface area contributed by atoms with Gasteiger partial charge in [0.05, 0.1) is 4.88 Å². The molecule has 2 aromatic carbocycles. The molecule has 4 rings (SSSR count). The van der Waals surface area contributed by atoms with Gasteiger partial charge in [0.25, 0.3) is 5.91 Å². The van der Waals surface area contributed by atoms with E-state index in [-0.39, 0.29) is 23.6 Å². The third kappa shape index (κ3) is 3.05. The van der Waals surface area contributed by atoms with Gasteiger partial charge in [-0.05, 0) is 47.7 Å². The smallest absolute Gasteiger partial charge is 0.263 e. The second kappa shape index (κ2) is 6.58. The van der Waals surface area contributed by atoms with E-state index < -0.39 is 0 Å². The molecule has 0 radical (unpaired) electrons. The first-order chi connectivity index (χ1) is 12.2. The topological polar surface area (TPSA) is 46.3 Å². The van der Waals surface area contributed by atoms with Gasteiger partial charge >= 0.3 is 0 Å². The molecule has 25 heavy (non-hydrogen) atoms. The lowest BCUT2D eigenvalue weighted by molar-refractivity contribution is 0.0791. The monoisotopic (exact) mass is 354 g/mol. The van der Waals surface area contributed by atoms with Crippen LogP contribution in [0.3, 0.4) is 0 Å². The Morgan fingerprint density at radius 3 is 2.72 bits per heavy atom. The molecule has 1 saturated heterocycles. The maximum absolute atomic E-state index is 13.4. The highest BCUT2D eigenvalue weighted by molar-refractivity contribution is 7.20. The molecule has 5 heteroatoms. The van der Waals surface area contributed by atoms with Gasteiger partial charge in [-0.1, -0.05) is 30.3 Å². The summed E-state index contributed by atoms with van der Waals surface area (Å²) in [4.78, 5) is 15.5. The van der Waals surface area contributed by atoms with Crippen molar-refractivity contribution in [1.82, 2.24) is 4.90 Å². The fraction of sp³-hybridized carbons (Fsp3) is 0.250. The summed E-state index contributed by atoms with van der Waals surface area (Å²) in [5, 5.41) is 0.780. The van der Waals surface area contributed by atoms with Crippen LogP contribution in [0.1, 0.15) is 21.2 Å². The molecule has 0 spiro atoms. The van der Waals surface area contributed by atoms with Crippen LogP contribution in [0.15, 0.2) is 54.6 Å². The predicted molar refractivity (Wildman–Crippen MR) is 99.4 cm³/mol. The van der Waals surface area contributed by atoms with Crippen molar-refractivity contribution in [2.24, 2.45) is 11.7 Å². The molecular formula is C20H19FN2OS. The van der Waals surface area contributed by atoms with Gasteiger partial charge in [0.2, 0.25) is 0 Å². The number of nitrogens with two attached hydrogens (primary N) is 1. The summed E-state index contributed by atoms with van der Waals surface area (Å²) in [6.07, 6.45) is 0. The lowest BCUT2D eigenvalue weighted by Crippen LogP contribution is -2.29. The molecule has 3 nitrogen and oxygen atoms in total. The number of hydrogen-bond acceptors (Lipinski definition) is 3. The maximum atomic E-state index is 13.4. The van der Waals surface area contributed by atoms with Crippen LogP contribution in [0.25, 0.3) is 10.1 Å². The highest BCUT2D eigenvalue weighted by atomic mass is 32.1. The summed E-state index contributed by atoms with van der Waals surface area (Å²) < 4.78 is 14.3. The van der Waals surface area contributed by atoms with Gasteiger partial charge in [0.15, 0.2) is 0 Å². The van der Waals surface area contributed by atoms with Gasteiger partial charge in [0, 0.05) is 23.7 Å². The summed E-state index contributed by atoms with van der Waals surface area (Å²) in [6, 6.07) is 16.7. The Morgan fingerprint density at radius 2 is 1.96 bits per heavy atom. The summed E-state index contributed by atoms with van der Waals surface area (Å²) in [5.41, 5.74) is 7.19. The van der Waals surface area contributed by atoms with Crippen molar-refractivity contribution in [2.45, 2.75) is 5.92 Å². The van der Waals surface area contributed by atoms with Crippen molar-refractivity contribution in [3.8, 4) is 0 Å². The average Bonchev–Trinajstić information content (AvgIpc) is 3.25. The van der Waals surface area contributed by atoms with Crippen LogP contribution in [0.4, 0.5) is 4.39 Å². The van der Waals surface area contributed by atoms with Crippen molar-refractivity contribution in [1.29, 1.82) is 0 Å². The molecule has 128 valence electrons. The molecule has 2 N–H and O–H groups in total. The molecule has 0 bridgehead atoms. The largest absolute Gasteiger partial charge is 0.337 e. The fourth-order valence-corrected chi connectivity index (χ4v) is 4.64. The van der Waals surface area contributed by atoms with Crippen LogP contribution in [-0.4, -0.2) is 30.4 Å². The molecule has 1 fully saturated rings. The highest BCUT2D eigenvalue weighted by Crippen LogP contribution is 2.34. The van der Waals surface area contributed by atoms with Gasteiger partial charge in [-0.3, -0.25) is 4.79 Å². The number of halogens is 1. The Bertz CT molecular complexity index is 908. The Morgan fingerprint density at radius 1 is 1.16 bits per heavy atom. The van der Waals surface area contributed by atoms with Crippen LogP contribution < -0.4 is 5.73 Å². The number of hydrogen-bond donors (Lipinski definition) is 1. The number of carbonyl (C=O) groups excluding carboxylic acids is 1. The number of amides is 1. The van der Waals surface area contributed by atoms with E-state index in [1.807, 2.05) is 23.1 Å². The van der Waals surface area contributed by atoms with Gasteiger partial charge in [0.1, 0.15) is 5.82 Å². The summed E-state index contributed by atoms with van der Waals surface area (Å²) in [7, 11) is 0. The first kappa shape index (κ1) is 16.2. The third-order valence-corrected chi connectivity index (χ3v) is 6.05. The molecule has 1 aromatic heterocycles. The highest BCUT2D eigenvalue weighted by Gasteiger charge is 2.36. The first-order valence-electron chi connectivity index (χ1n) is 8.39. The maximum Gasteiger partial charge on any atom is 0.263 e. The van der Waals surface area contributed by atoms with E-state index in [0.717, 1.165) is 10.1 Å².